The minimum Gasteiger partial charge on any atom is -0.504 e. The second kappa shape index (κ2) is 8.55. The Morgan fingerprint density at radius 2 is 2.10 bits per heavy atom. The lowest BCUT2D eigenvalue weighted by Crippen LogP contribution is -2.27. The summed E-state index contributed by atoms with van der Waals surface area (Å²) in [5.74, 6) is -0.265. The second-order valence-electron chi connectivity index (χ2n) is 6.34. The summed E-state index contributed by atoms with van der Waals surface area (Å²) in [4.78, 5) is 29.7. The van der Waals surface area contributed by atoms with Crippen molar-refractivity contribution >= 4 is 23.2 Å². The maximum absolute atomic E-state index is 12.7. The molecule has 8 nitrogen and oxygen atoms in total. The zero-order valence-electron chi connectivity index (χ0n) is 16.5. The number of fused-ring (bicyclic) bond motifs is 1. The van der Waals surface area contributed by atoms with Crippen LogP contribution in [-0.2, 0) is 6.54 Å². The minimum absolute atomic E-state index is 0.0112. The molecule has 0 atom stereocenters. The fourth-order valence-electron chi connectivity index (χ4n) is 2.87. The standard InChI is InChI=1S/C21H22N4O4/c1-4-25-12-16(19(27)15-8-6-13(3)23-20(15)25)21(28)24-22-11-14-7-9-17(26)18(10-14)29-5-2/h6-12,26H,4-5H2,1-3H3,(H,24,28)/b22-11+. The van der Waals surface area contributed by atoms with Crippen molar-refractivity contribution in [1.82, 2.24) is 15.0 Å². The summed E-state index contributed by atoms with van der Waals surface area (Å²) < 4.78 is 7.08. The number of hydrazone groups is 1. The maximum Gasteiger partial charge on any atom is 0.276 e. The molecule has 3 rings (SSSR count). The molecule has 1 aromatic carbocycles. The van der Waals surface area contributed by atoms with Crippen molar-refractivity contribution in [2.75, 3.05) is 6.61 Å². The van der Waals surface area contributed by atoms with E-state index in [1.165, 1.54) is 18.5 Å². The van der Waals surface area contributed by atoms with Crippen LogP contribution < -0.4 is 15.6 Å². The topological polar surface area (TPSA) is 106 Å². The van der Waals surface area contributed by atoms with Gasteiger partial charge in [-0.25, -0.2) is 10.4 Å². The number of carbonyl (C=O) groups is 1. The molecule has 1 amide bonds. The number of nitrogens with zero attached hydrogens (tertiary/aromatic N) is 3. The first kappa shape index (κ1) is 20.1. The van der Waals surface area contributed by atoms with Gasteiger partial charge in [-0.15, -0.1) is 0 Å². The van der Waals surface area contributed by atoms with Crippen molar-refractivity contribution in [2.24, 2.45) is 5.10 Å². The van der Waals surface area contributed by atoms with Crippen LogP contribution in [0.25, 0.3) is 11.0 Å². The number of hydrogen-bond donors (Lipinski definition) is 2. The summed E-state index contributed by atoms with van der Waals surface area (Å²) >= 11 is 0. The molecule has 0 saturated heterocycles. The van der Waals surface area contributed by atoms with Crippen LogP contribution in [0.15, 0.2) is 46.4 Å². The predicted molar refractivity (Wildman–Crippen MR) is 111 cm³/mol. The van der Waals surface area contributed by atoms with E-state index in [0.29, 0.717) is 35.5 Å². The average molecular weight is 394 g/mol. The van der Waals surface area contributed by atoms with Crippen LogP contribution in [0.4, 0.5) is 0 Å². The summed E-state index contributed by atoms with van der Waals surface area (Å²) in [5.41, 5.74) is 3.93. The lowest BCUT2D eigenvalue weighted by molar-refractivity contribution is 0.0953. The van der Waals surface area contributed by atoms with Crippen molar-refractivity contribution in [3.8, 4) is 11.5 Å². The zero-order chi connectivity index (χ0) is 21.0. The molecule has 0 unspecified atom stereocenters. The third-order valence-corrected chi connectivity index (χ3v) is 4.31. The van der Waals surface area contributed by atoms with Crippen molar-refractivity contribution in [1.29, 1.82) is 0 Å². The molecule has 2 aromatic heterocycles. The number of aromatic hydroxyl groups is 1. The van der Waals surface area contributed by atoms with Gasteiger partial charge >= 0.3 is 0 Å². The molecule has 0 aliphatic rings. The van der Waals surface area contributed by atoms with Crippen LogP contribution in [0.5, 0.6) is 11.5 Å². The van der Waals surface area contributed by atoms with Gasteiger partial charge in [0.05, 0.1) is 18.2 Å². The molecule has 0 fully saturated rings. The van der Waals surface area contributed by atoms with Gasteiger partial charge in [0.1, 0.15) is 11.2 Å². The Morgan fingerprint density at radius 3 is 2.83 bits per heavy atom. The Bertz CT molecular complexity index is 1150. The molecule has 0 saturated carbocycles. The molecule has 150 valence electrons. The van der Waals surface area contributed by atoms with E-state index in [2.05, 4.69) is 15.5 Å². The van der Waals surface area contributed by atoms with Gasteiger partial charge in [0.2, 0.25) is 5.43 Å². The molecule has 2 heterocycles. The van der Waals surface area contributed by atoms with Crippen molar-refractivity contribution in [3.05, 3.63) is 63.6 Å². The molecule has 2 N–H and O–H groups in total. The summed E-state index contributed by atoms with van der Waals surface area (Å²) in [6.07, 6.45) is 2.90. The first-order valence-corrected chi connectivity index (χ1v) is 9.24. The second-order valence-corrected chi connectivity index (χ2v) is 6.34. The summed E-state index contributed by atoms with van der Waals surface area (Å²) in [7, 11) is 0. The molecule has 0 bridgehead atoms. The molecule has 0 radical (unpaired) electrons. The highest BCUT2D eigenvalue weighted by Crippen LogP contribution is 2.26. The van der Waals surface area contributed by atoms with E-state index >= 15 is 0 Å². The van der Waals surface area contributed by atoms with Crippen LogP contribution in [0.1, 0.15) is 35.5 Å². The van der Waals surface area contributed by atoms with Gasteiger partial charge in [-0.3, -0.25) is 9.59 Å². The number of hydrogen-bond acceptors (Lipinski definition) is 6. The predicted octanol–water partition coefficient (Wildman–Crippen LogP) is 2.59. The van der Waals surface area contributed by atoms with Crippen LogP contribution in [0.3, 0.4) is 0 Å². The smallest absolute Gasteiger partial charge is 0.276 e. The molecule has 0 spiro atoms. The van der Waals surface area contributed by atoms with Crippen molar-refractivity contribution < 1.29 is 14.6 Å². The number of pyridine rings is 2. The molecule has 29 heavy (non-hydrogen) atoms. The number of amides is 1. The monoisotopic (exact) mass is 394 g/mol. The number of aryl methyl sites for hydroxylation is 2. The highest BCUT2D eigenvalue weighted by Gasteiger charge is 2.15. The normalized spacial score (nSPS) is 11.1. The van der Waals surface area contributed by atoms with Crippen molar-refractivity contribution in [2.45, 2.75) is 27.3 Å². The molecular formula is C21H22N4O4. The largest absolute Gasteiger partial charge is 0.504 e. The van der Waals surface area contributed by atoms with Gasteiger partial charge in [-0.1, -0.05) is 0 Å². The number of benzene rings is 1. The van der Waals surface area contributed by atoms with E-state index in [4.69, 9.17) is 4.74 Å². The highest BCUT2D eigenvalue weighted by molar-refractivity contribution is 5.97. The summed E-state index contributed by atoms with van der Waals surface area (Å²) in [6, 6.07) is 8.12. The Hall–Kier alpha value is -3.68. The maximum atomic E-state index is 12.7. The molecular weight excluding hydrogens is 372 g/mol. The summed E-state index contributed by atoms with van der Waals surface area (Å²) in [5, 5.41) is 14.0. The Morgan fingerprint density at radius 1 is 1.31 bits per heavy atom. The number of phenols is 1. The lowest BCUT2D eigenvalue weighted by atomic mass is 10.1. The number of carbonyl (C=O) groups excluding carboxylic acids is 1. The molecule has 0 aliphatic heterocycles. The third-order valence-electron chi connectivity index (χ3n) is 4.31. The van der Waals surface area contributed by atoms with Gasteiger partial charge in [0.15, 0.2) is 11.5 Å². The minimum atomic E-state index is -0.611. The van der Waals surface area contributed by atoms with E-state index in [1.807, 2.05) is 20.8 Å². The summed E-state index contributed by atoms with van der Waals surface area (Å²) in [6.45, 7) is 6.54. The van der Waals surface area contributed by atoms with Gasteiger partial charge in [0.25, 0.3) is 5.91 Å². The van der Waals surface area contributed by atoms with E-state index in [9.17, 15) is 14.7 Å². The van der Waals surface area contributed by atoms with E-state index in [1.54, 1.807) is 28.8 Å². The Kier molecular flexibility index (Phi) is 5.92. The zero-order valence-corrected chi connectivity index (χ0v) is 16.5. The van der Waals surface area contributed by atoms with Crippen molar-refractivity contribution in [3.63, 3.8) is 0 Å². The first-order chi connectivity index (χ1) is 13.9. The molecule has 3 aromatic rings. The Balaban J connectivity index is 1.86. The van der Waals surface area contributed by atoms with Gasteiger partial charge in [-0.2, -0.15) is 5.10 Å². The van der Waals surface area contributed by atoms with Crippen LogP contribution in [0, 0.1) is 6.92 Å². The van der Waals surface area contributed by atoms with Crippen LogP contribution in [0.2, 0.25) is 0 Å². The highest BCUT2D eigenvalue weighted by atomic mass is 16.5. The Labute approximate surface area is 167 Å². The fourth-order valence-corrected chi connectivity index (χ4v) is 2.87. The third kappa shape index (κ3) is 4.26. The number of rotatable bonds is 6. The lowest BCUT2D eigenvalue weighted by Gasteiger charge is -2.10. The van der Waals surface area contributed by atoms with E-state index < -0.39 is 11.3 Å². The number of nitrogens with one attached hydrogen (secondary N) is 1. The molecule has 0 aliphatic carbocycles. The van der Waals surface area contributed by atoms with Gasteiger partial charge in [0, 0.05) is 18.4 Å². The van der Waals surface area contributed by atoms with Crippen LogP contribution in [-0.4, -0.2) is 33.4 Å². The fraction of sp³-hybridized carbons (Fsp3) is 0.238. The molecule has 8 heteroatoms. The average Bonchev–Trinajstić information content (AvgIpc) is 2.70. The van der Waals surface area contributed by atoms with E-state index in [-0.39, 0.29) is 11.3 Å². The van der Waals surface area contributed by atoms with Gasteiger partial charge in [-0.05, 0) is 56.7 Å². The first-order valence-electron chi connectivity index (χ1n) is 9.24. The SMILES string of the molecule is CCOc1cc(/C=N/NC(=O)c2cn(CC)c3nc(C)ccc3c2=O)ccc1O. The van der Waals surface area contributed by atoms with E-state index in [0.717, 1.165) is 5.69 Å². The quantitative estimate of drug-likeness (QED) is 0.494. The van der Waals surface area contributed by atoms with Crippen LogP contribution >= 0.6 is 0 Å². The number of aromatic nitrogens is 2. The number of phenolic OH excluding ortho intramolecular Hbond substituents is 1. The van der Waals surface area contributed by atoms with Gasteiger partial charge < -0.3 is 14.4 Å². The number of ether oxygens (including phenoxy) is 1.